The van der Waals surface area contributed by atoms with E-state index in [1.807, 2.05) is 6.92 Å². The number of aliphatic imine (C=N–C) groups is 1. The van der Waals surface area contributed by atoms with Gasteiger partial charge >= 0.3 is 0 Å². The third-order valence-electron chi connectivity index (χ3n) is 2.40. The van der Waals surface area contributed by atoms with Gasteiger partial charge in [0.1, 0.15) is 0 Å². The molecule has 0 spiro atoms. The van der Waals surface area contributed by atoms with Gasteiger partial charge in [-0.15, -0.1) is 0 Å². The second-order valence-electron chi connectivity index (χ2n) is 4.01. The van der Waals surface area contributed by atoms with Gasteiger partial charge in [-0.25, -0.2) is 5.84 Å². The Bertz CT molecular complexity index is 206. The van der Waals surface area contributed by atoms with Crippen molar-refractivity contribution < 1.29 is 9.47 Å². The van der Waals surface area contributed by atoms with E-state index >= 15 is 0 Å². The molecule has 0 aromatic heterocycles. The average Bonchev–Trinajstić information content (AvgIpc) is 2.37. The molecule has 0 bridgehead atoms. The number of nitrogens with two attached hydrogens (primary N) is 1. The molecule has 1 atom stereocenters. The number of ether oxygens (including phenoxy) is 2. The zero-order valence-electron chi connectivity index (χ0n) is 11.9. The van der Waals surface area contributed by atoms with Crippen LogP contribution in [0.1, 0.15) is 33.1 Å². The van der Waals surface area contributed by atoms with Crippen molar-refractivity contribution in [3.63, 3.8) is 0 Å². The van der Waals surface area contributed by atoms with Crippen molar-refractivity contribution in [2.75, 3.05) is 33.5 Å². The fraction of sp³-hybridized carbons (Fsp3) is 0.917. The molecular weight excluding hydrogens is 232 g/mol. The van der Waals surface area contributed by atoms with E-state index in [0.717, 1.165) is 32.5 Å². The van der Waals surface area contributed by atoms with Crippen LogP contribution in [0, 0.1) is 0 Å². The molecule has 0 aromatic carbocycles. The molecular formula is C12H28N4O2. The Balaban J connectivity index is 3.99. The summed E-state index contributed by atoms with van der Waals surface area (Å²) in [7, 11) is 1.69. The standard InChI is InChI=1S/C12H28N4O2/c1-4-7-11(10-17-3)15-12(16-13)14-8-6-9-18-5-2/h11H,4-10,13H2,1-3H3,(H2,14,15,16). The van der Waals surface area contributed by atoms with E-state index in [1.165, 1.54) is 0 Å². The van der Waals surface area contributed by atoms with Crippen LogP contribution in [0.2, 0.25) is 0 Å². The summed E-state index contributed by atoms with van der Waals surface area (Å²) in [4.78, 5) is 4.35. The molecule has 0 rings (SSSR count). The van der Waals surface area contributed by atoms with Crippen LogP contribution in [0.5, 0.6) is 0 Å². The van der Waals surface area contributed by atoms with E-state index in [2.05, 4.69) is 22.7 Å². The summed E-state index contributed by atoms with van der Waals surface area (Å²) in [6, 6.07) is 0.238. The molecule has 0 radical (unpaired) electrons. The molecule has 18 heavy (non-hydrogen) atoms. The lowest BCUT2D eigenvalue weighted by atomic mass is 10.2. The van der Waals surface area contributed by atoms with Crippen LogP contribution in [0.15, 0.2) is 4.99 Å². The number of guanidine groups is 1. The predicted molar refractivity (Wildman–Crippen MR) is 74.4 cm³/mol. The van der Waals surface area contributed by atoms with Crippen LogP contribution in [-0.2, 0) is 9.47 Å². The number of hydrogen-bond acceptors (Lipinski definition) is 4. The summed E-state index contributed by atoms with van der Waals surface area (Å²) >= 11 is 0. The maximum absolute atomic E-state index is 5.44. The van der Waals surface area contributed by atoms with Gasteiger partial charge in [0.25, 0.3) is 0 Å². The van der Waals surface area contributed by atoms with Gasteiger partial charge in [0.2, 0.25) is 5.96 Å². The molecule has 1 unspecified atom stereocenters. The smallest absolute Gasteiger partial charge is 0.206 e. The van der Waals surface area contributed by atoms with E-state index in [-0.39, 0.29) is 6.04 Å². The predicted octanol–water partition coefficient (Wildman–Crippen LogP) is 0.637. The Hall–Kier alpha value is -0.850. The number of methoxy groups -OCH3 is 1. The highest BCUT2D eigenvalue weighted by atomic mass is 16.5. The Labute approximate surface area is 110 Å². The molecule has 0 saturated carbocycles. The van der Waals surface area contributed by atoms with Crippen LogP contribution in [0.25, 0.3) is 0 Å². The van der Waals surface area contributed by atoms with E-state index < -0.39 is 0 Å². The number of nitrogens with one attached hydrogen (secondary N) is 2. The van der Waals surface area contributed by atoms with Gasteiger partial charge in [0.05, 0.1) is 12.6 Å². The first kappa shape index (κ1) is 17.2. The van der Waals surface area contributed by atoms with Crippen molar-refractivity contribution in [1.82, 2.24) is 10.7 Å². The van der Waals surface area contributed by atoms with Crippen molar-refractivity contribution in [2.45, 2.75) is 39.2 Å². The maximum Gasteiger partial charge on any atom is 0.206 e. The van der Waals surface area contributed by atoms with E-state index in [9.17, 15) is 0 Å². The molecule has 0 aliphatic heterocycles. The molecule has 0 fully saturated rings. The molecule has 108 valence electrons. The Kier molecular flexibility index (Phi) is 12.0. The minimum atomic E-state index is 0.238. The highest BCUT2D eigenvalue weighted by molar-refractivity contribution is 5.79. The van der Waals surface area contributed by atoms with Crippen molar-refractivity contribution in [2.24, 2.45) is 10.8 Å². The normalized spacial score (nSPS) is 13.4. The summed E-state index contributed by atoms with van der Waals surface area (Å²) in [5.74, 6) is 6.05. The van der Waals surface area contributed by atoms with Crippen LogP contribution in [-0.4, -0.2) is 45.5 Å². The first-order chi connectivity index (χ1) is 8.78. The fourth-order valence-electron chi connectivity index (χ4n) is 1.57. The van der Waals surface area contributed by atoms with Crippen molar-refractivity contribution in [3.05, 3.63) is 0 Å². The number of hydrogen-bond donors (Lipinski definition) is 3. The fourth-order valence-corrected chi connectivity index (χ4v) is 1.57. The molecule has 0 aromatic rings. The molecule has 0 amide bonds. The summed E-state index contributed by atoms with van der Waals surface area (Å²) < 4.78 is 10.4. The first-order valence-electron chi connectivity index (χ1n) is 6.62. The third kappa shape index (κ3) is 9.21. The minimum absolute atomic E-state index is 0.238. The minimum Gasteiger partial charge on any atom is -0.383 e. The van der Waals surface area contributed by atoms with Crippen molar-refractivity contribution in [1.29, 1.82) is 0 Å². The summed E-state index contributed by atoms with van der Waals surface area (Å²) in [5.41, 5.74) is 2.58. The molecule has 0 saturated heterocycles. The van der Waals surface area contributed by atoms with Crippen LogP contribution in [0.4, 0.5) is 0 Å². The van der Waals surface area contributed by atoms with Crippen molar-refractivity contribution >= 4 is 5.96 Å². The monoisotopic (exact) mass is 260 g/mol. The molecule has 0 aliphatic carbocycles. The lowest BCUT2D eigenvalue weighted by molar-refractivity contribution is 0.146. The van der Waals surface area contributed by atoms with Gasteiger partial charge in [-0.2, -0.15) is 0 Å². The van der Waals surface area contributed by atoms with Gasteiger partial charge in [0, 0.05) is 26.9 Å². The third-order valence-corrected chi connectivity index (χ3v) is 2.40. The Morgan fingerprint density at radius 1 is 1.39 bits per heavy atom. The lowest BCUT2D eigenvalue weighted by Crippen LogP contribution is -2.48. The molecule has 4 N–H and O–H groups in total. The zero-order chi connectivity index (χ0) is 13.6. The Morgan fingerprint density at radius 3 is 2.72 bits per heavy atom. The summed E-state index contributed by atoms with van der Waals surface area (Å²) in [6.07, 6.45) is 3.00. The second-order valence-corrected chi connectivity index (χ2v) is 4.01. The first-order valence-corrected chi connectivity index (χ1v) is 6.62. The van der Waals surface area contributed by atoms with Crippen LogP contribution in [0.3, 0.4) is 0 Å². The SMILES string of the molecule is CCCC(COC)NC(=NCCCOCC)NN. The molecule has 6 heteroatoms. The van der Waals surface area contributed by atoms with Gasteiger partial charge in [-0.05, 0) is 19.8 Å². The van der Waals surface area contributed by atoms with E-state index in [4.69, 9.17) is 15.3 Å². The van der Waals surface area contributed by atoms with E-state index in [0.29, 0.717) is 19.1 Å². The highest BCUT2D eigenvalue weighted by Crippen LogP contribution is 1.97. The van der Waals surface area contributed by atoms with Gasteiger partial charge in [-0.3, -0.25) is 10.4 Å². The Morgan fingerprint density at radius 2 is 2.17 bits per heavy atom. The lowest BCUT2D eigenvalue weighted by Gasteiger charge is -2.19. The summed E-state index contributed by atoms with van der Waals surface area (Å²) in [6.45, 7) is 6.94. The molecule has 0 aliphatic rings. The van der Waals surface area contributed by atoms with Gasteiger partial charge in [-0.1, -0.05) is 13.3 Å². The van der Waals surface area contributed by atoms with Gasteiger partial charge in [0.15, 0.2) is 0 Å². The largest absolute Gasteiger partial charge is 0.383 e. The highest BCUT2D eigenvalue weighted by Gasteiger charge is 2.08. The maximum atomic E-state index is 5.44. The quantitative estimate of drug-likeness (QED) is 0.176. The van der Waals surface area contributed by atoms with Crippen LogP contribution < -0.4 is 16.6 Å². The van der Waals surface area contributed by atoms with E-state index in [1.54, 1.807) is 7.11 Å². The number of nitrogens with zero attached hydrogens (tertiary/aromatic N) is 1. The van der Waals surface area contributed by atoms with Crippen molar-refractivity contribution in [3.8, 4) is 0 Å². The topological polar surface area (TPSA) is 80.9 Å². The number of hydrazine groups is 1. The average molecular weight is 260 g/mol. The summed E-state index contributed by atoms with van der Waals surface area (Å²) in [5, 5.41) is 3.24. The van der Waals surface area contributed by atoms with Gasteiger partial charge < -0.3 is 14.8 Å². The van der Waals surface area contributed by atoms with Crippen LogP contribution >= 0.6 is 0 Å². The second kappa shape index (κ2) is 12.6. The molecule has 6 nitrogen and oxygen atoms in total. The molecule has 0 heterocycles. The zero-order valence-corrected chi connectivity index (χ0v) is 11.9. The number of rotatable bonds is 10.